The Morgan fingerprint density at radius 3 is 2.65 bits per heavy atom. The number of nitrogens with zero attached hydrogens (tertiary/aromatic N) is 2. The van der Waals surface area contributed by atoms with Crippen molar-refractivity contribution in [3.63, 3.8) is 0 Å². The molecule has 2 aromatic rings. The molecule has 0 atom stereocenters. The van der Waals surface area contributed by atoms with Gasteiger partial charge in [0.15, 0.2) is 15.8 Å². The van der Waals surface area contributed by atoms with Crippen LogP contribution in [0.4, 0.5) is 5.13 Å². The smallest absolute Gasteiger partial charge is 0.325 e. The van der Waals surface area contributed by atoms with E-state index in [1.165, 1.54) is 13.2 Å². The first-order chi connectivity index (χ1) is 14.9. The molecular formula is C19H22N4O6S2. The second-order valence-electron chi connectivity index (χ2n) is 5.68. The highest BCUT2D eigenvalue weighted by atomic mass is 32.2. The largest absolute Gasteiger partial charge is 0.493 e. The predicted octanol–water partition coefficient (Wildman–Crippen LogP) is 1.98. The molecule has 10 nitrogen and oxygen atoms in total. The summed E-state index contributed by atoms with van der Waals surface area (Å²) in [5.41, 5.74) is 0.759. The molecule has 0 spiro atoms. The summed E-state index contributed by atoms with van der Waals surface area (Å²) < 4.78 is 15.6. The Morgan fingerprint density at radius 2 is 1.94 bits per heavy atom. The molecule has 2 amide bonds. The summed E-state index contributed by atoms with van der Waals surface area (Å²) in [7, 11) is 3.08. The Kier molecular flexibility index (Phi) is 9.78. The molecule has 0 aliphatic rings. The van der Waals surface area contributed by atoms with Crippen molar-refractivity contribution in [1.29, 1.82) is 0 Å². The number of amides is 2. The monoisotopic (exact) mass is 466 g/mol. The molecule has 0 fully saturated rings. The van der Waals surface area contributed by atoms with Crippen molar-refractivity contribution in [2.24, 2.45) is 0 Å². The van der Waals surface area contributed by atoms with E-state index in [4.69, 9.17) is 14.2 Å². The van der Waals surface area contributed by atoms with Gasteiger partial charge >= 0.3 is 5.97 Å². The number of anilines is 1. The van der Waals surface area contributed by atoms with Crippen molar-refractivity contribution >= 4 is 52.1 Å². The lowest BCUT2D eigenvalue weighted by atomic mass is 10.2. The Bertz CT molecular complexity index is 947. The lowest BCUT2D eigenvalue weighted by molar-refractivity contribution is -0.143. The summed E-state index contributed by atoms with van der Waals surface area (Å²) in [6.07, 6.45) is 2.99. The van der Waals surface area contributed by atoms with Crippen molar-refractivity contribution in [2.75, 3.05) is 38.4 Å². The van der Waals surface area contributed by atoms with Crippen molar-refractivity contribution in [1.82, 2.24) is 15.5 Å². The van der Waals surface area contributed by atoms with E-state index in [1.54, 1.807) is 38.3 Å². The molecule has 31 heavy (non-hydrogen) atoms. The van der Waals surface area contributed by atoms with Crippen LogP contribution in [0, 0.1) is 0 Å². The van der Waals surface area contributed by atoms with E-state index < -0.39 is 5.97 Å². The van der Waals surface area contributed by atoms with Crippen LogP contribution < -0.4 is 20.1 Å². The average molecular weight is 467 g/mol. The number of nitrogens with one attached hydrogen (secondary N) is 2. The maximum absolute atomic E-state index is 12.1. The van der Waals surface area contributed by atoms with E-state index in [2.05, 4.69) is 20.8 Å². The Morgan fingerprint density at radius 1 is 1.16 bits per heavy atom. The molecule has 0 saturated carbocycles. The molecule has 0 bridgehead atoms. The minimum atomic E-state index is -0.497. The van der Waals surface area contributed by atoms with Gasteiger partial charge in [-0.1, -0.05) is 29.2 Å². The number of hydrogen-bond donors (Lipinski definition) is 2. The quantitative estimate of drug-likeness (QED) is 0.221. The summed E-state index contributed by atoms with van der Waals surface area (Å²) in [5.74, 6) is -0.00441. The molecule has 0 unspecified atom stereocenters. The number of ether oxygens (including phenoxy) is 3. The number of aromatic nitrogens is 2. The third-order valence-electron chi connectivity index (χ3n) is 3.53. The third-order valence-corrected chi connectivity index (χ3v) is 5.51. The molecule has 0 radical (unpaired) electrons. The van der Waals surface area contributed by atoms with Gasteiger partial charge in [-0.3, -0.25) is 19.7 Å². The van der Waals surface area contributed by atoms with Crippen LogP contribution in [0.1, 0.15) is 12.5 Å². The van der Waals surface area contributed by atoms with Gasteiger partial charge in [0.25, 0.3) is 0 Å². The van der Waals surface area contributed by atoms with Crippen LogP contribution in [0.15, 0.2) is 28.6 Å². The topological polar surface area (TPSA) is 129 Å². The first-order valence-corrected chi connectivity index (χ1v) is 10.8. The van der Waals surface area contributed by atoms with Gasteiger partial charge in [0, 0.05) is 6.08 Å². The van der Waals surface area contributed by atoms with Gasteiger partial charge in [-0.2, -0.15) is 0 Å². The van der Waals surface area contributed by atoms with Gasteiger partial charge < -0.3 is 19.5 Å². The SMILES string of the molecule is CCOC(=O)CNC(=O)CSc1nnc(NC(=O)/C=C/c2ccc(OC)c(OC)c2)s1. The first-order valence-electron chi connectivity index (χ1n) is 9.04. The number of carbonyl (C=O) groups is 3. The summed E-state index contributed by atoms with van der Waals surface area (Å²) in [6.45, 7) is 1.76. The predicted molar refractivity (Wildman–Crippen MR) is 117 cm³/mol. The van der Waals surface area contributed by atoms with E-state index in [0.29, 0.717) is 21.0 Å². The number of hydrogen-bond acceptors (Lipinski definition) is 10. The third kappa shape index (κ3) is 8.26. The normalized spacial score (nSPS) is 10.5. The van der Waals surface area contributed by atoms with E-state index in [1.807, 2.05) is 0 Å². The van der Waals surface area contributed by atoms with Crippen LogP contribution in [0.2, 0.25) is 0 Å². The summed E-state index contributed by atoms with van der Waals surface area (Å²) in [5, 5.41) is 13.2. The molecule has 2 rings (SSSR count). The molecule has 0 aliphatic carbocycles. The van der Waals surface area contributed by atoms with Crippen molar-refractivity contribution in [3.05, 3.63) is 29.8 Å². The van der Waals surface area contributed by atoms with E-state index in [0.717, 1.165) is 28.7 Å². The number of rotatable bonds is 11. The highest BCUT2D eigenvalue weighted by molar-refractivity contribution is 8.01. The van der Waals surface area contributed by atoms with Gasteiger partial charge in [0.1, 0.15) is 6.54 Å². The molecule has 2 N–H and O–H groups in total. The van der Waals surface area contributed by atoms with Crippen molar-refractivity contribution in [2.45, 2.75) is 11.3 Å². The number of carbonyl (C=O) groups excluding carboxylic acids is 3. The highest BCUT2D eigenvalue weighted by Gasteiger charge is 2.11. The van der Waals surface area contributed by atoms with Gasteiger partial charge in [-0.05, 0) is 30.7 Å². The lowest BCUT2D eigenvalue weighted by Crippen LogP contribution is -2.31. The minimum absolute atomic E-state index is 0.0567. The second kappa shape index (κ2) is 12.5. The van der Waals surface area contributed by atoms with Gasteiger partial charge in [-0.25, -0.2) is 0 Å². The lowest BCUT2D eigenvalue weighted by Gasteiger charge is -2.07. The maximum Gasteiger partial charge on any atom is 0.325 e. The summed E-state index contributed by atoms with van der Waals surface area (Å²) in [4.78, 5) is 35.1. The van der Waals surface area contributed by atoms with Crippen molar-refractivity contribution < 1.29 is 28.6 Å². The van der Waals surface area contributed by atoms with E-state index in [9.17, 15) is 14.4 Å². The molecular weight excluding hydrogens is 444 g/mol. The number of thioether (sulfide) groups is 1. The minimum Gasteiger partial charge on any atom is -0.493 e. The van der Waals surface area contributed by atoms with E-state index >= 15 is 0 Å². The molecule has 1 heterocycles. The number of methoxy groups -OCH3 is 2. The highest BCUT2D eigenvalue weighted by Crippen LogP contribution is 2.28. The van der Waals surface area contributed by atoms with Crippen LogP contribution in [0.3, 0.4) is 0 Å². The molecule has 0 aliphatic heterocycles. The van der Waals surface area contributed by atoms with Gasteiger partial charge in [0.05, 0.1) is 26.6 Å². The first kappa shape index (κ1) is 24.2. The number of benzene rings is 1. The Balaban J connectivity index is 1.81. The second-order valence-corrected chi connectivity index (χ2v) is 7.88. The van der Waals surface area contributed by atoms with Gasteiger partial charge in [0.2, 0.25) is 16.9 Å². The molecule has 166 valence electrons. The molecule has 1 aromatic carbocycles. The fourth-order valence-corrected chi connectivity index (χ4v) is 3.74. The molecule has 12 heteroatoms. The molecule has 0 saturated heterocycles. The zero-order chi connectivity index (χ0) is 22.6. The molecule has 1 aromatic heterocycles. The number of esters is 1. The van der Waals surface area contributed by atoms with Crippen LogP contribution in [0.5, 0.6) is 11.5 Å². The zero-order valence-corrected chi connectivity index (χ0v) is 18.8. The van der Waals surface area contributed by atoms with E-state index in [-0.39, 0.29) is 30.7 Å². The fourth-order valence-electron chi connectivity index (χ4n) is 2.16. The zero-order valence-electron chi connectivity index (χ0n) is 17.2. The maximum atomic E-state index is 12.1. The summed E-state index contributed by atoms with van der Waals surface area (Å²) >= 11 is 2.28. The fraction of sp³-hybridized carbons (Fsp3) is 0.316. The Labute approximate surface area is 187 Å². The van der Waals surface area contributed by atoms with Crippen LogP contribution in [-0.2, 0) is 19.1 Å². The van der Waals surface area contributed by atoms with Crippen molar-refractivity contribution in [3.8, 4) is 11.5 Å². The van der Waals surface area contributed by atoms with Crippen LogP contribution in [-0.4, -0.2) is 61.1 Å². The van der Waals surface area contributed by atoms with Gasteiger partial charge in [-0.15, -0.1) is 10.2 Å². The average Bonchev–Trinajstić information content (AvgIpc) is 3.21. The summed E-state index contributed by atoms with van der Waals surface area (Å²) in [6, 6.07) is 5.28. The Hall–Kier alpha value is -3.12. The standard InChI is InChI=1S/C19H22N4O6S2/c1-4-29-17(26)10-20-16(25)11-30-19-23-22-18(31-19)21-15(24)8-6-12-5-7-13(27-2)14(9-12)28-3/h5-9H,4,10-11H2,1-3H3,(H,20,25)(H,21,22,24)/b8-6+. The van der Waals surface area contributed by atoms with Crippen LogP contribution in [0.25, 0.3) is 6.08 Å². The van der Waals surface area contributed by atoms with Crippen LogP contribution >= 0.6 is 23.1 Å².